The third-order valence-corrected chi connectivity index (χ3v) is 1.15. The molecule has 0 aromatic heterocycles. The van der Waals surface area contributed by atoms with Crippen LogP contribution in [-0.4, -0.2) is 38.9 Å². The standard InChI is InChI=1S/C7H12O5/c1-4-12-7(9)5(10-2)6(8)11-3/h5H,4H2,1-3H3. The average Bonchev–Trinajstić information content (AvgIpc) is 2.06. The van der Waals surface area contributed by atoms with Gasteiger partial charge in [-0.1, -0.05) is 0 Å². The molecule has 0 spiro atoms. The summed E-state index contributed by atoms with van der Waals surface area (Å²) >= 11 is 0. The lowest BCUT2D eigenvalue weighted by molar-refractivity contribution is -0.169. The summed E-state index contributed by atoms with van der Waals surface area (Å²) in [6.07, 6.45) is -1.27. The Morgan fingerprint density at radius 3 is 2.17 bits per heavy atom. The van der Waals surface area contributed by atoms with E-state index in [1.54, 1.807) is 6.92 Å². The van der Waals surface area contributed by atoms with Crippen LogP contribution in [-0.2, 0) is 23.8 Å². The van der Waals surface area contributed by atoms with Crippen LogP contribution in [0.4, 0.5) is 0 Å². The number of hydrogen-bond acceptors (Lipinski definition) is 5. The van der Waals surface area contributed by atoms with Crippen molar-refractivity contribution in [2.45, 2.75) is 13.0 Å². The number of ether oxygens (including phenoxy) is 3. The van der Waals surface area contributed by atoms with Crippen molar-refractivity contribution in [3.63, 3.8) is 0 Å². The summed E-state index contributed by atoms with van der Waals surface area (Å²) in [5.41, 5.74) is 0. The first-order valence-electron chi connectivity index (χ1n) is 3.44. The van der Waals surface area contributed by atoms with Gasteiger partial charge in [-0.2, -0.15) is 0 Å². The number of rotatable bonds is 4. The summed E-state index contributed by atoms with van der Waals surface area (Å²) in [7, 11) is 2.41. The molecule has 5 nitrogen and oxygen atoms in total. The summed E-state index contributed by atoms with van der Waals surface area (Å²) in [6, 6.07) is 0. The van der Waals surface area contributed by atoms with Crippen LogP contribution in [0.5, 0.6) is 0 Å². The van der Waals surface area contributed by atoms with Crippen molar-refractivity contribution >= 4 is 11.9 Å². The van der Waals surface area contributed by atoms with E-state index in [9.17, 15) is 9.59 Å². The molecular weight excluding hydrogens is 164 g/mol. The van der Waals surface area contributed by atoms with E-state index in [1.807, 2.05) is 0 Å². The average molecular weight is 176 g/mol. The Morgan fingerprint density at radius 1 is 1.25 bits per heavy atom. The molecule has 1 unspecified atom stereocenters. The van der Waals surface area contributed by atoms with Gasteiger partial charge in [-0.05, 0) is 6.92 Å². The van der Waals surface area contributed by atoms with Crippen molar-refractivity contribution in [1.82, 2.24) is 0 Å². The van der Waals surface area contributed by atoms with Crippen LogP contribution >= 0.6 is 0 Å². The molecule has 0 rings (SSSR count). The first-order chi connectivity index (χ1) is 5.67. The van der Waals surface area contributed by atoms with Gasteiger partial charge in [-0.25, -0.2) is 9.59 Å². The molecule has 0 aromatic carbocycles. The Kier molecular flexibility index (Phi) is 5.03. The van der Waals surface area contributed by atoms with Crippen molar-refractivity contribution in [2.24, 2.45) is 0 Å². The van der Waals surface area contributed by atoms with E-state index in [0.717, 1.165) is 0 Å². The maximum atomic E-state index is 10.9. The highest BCUT2D eigenvalue weighted by atomic mass is 16.6. The largest absolute Gasteiger partial charge is 0.467 e. The van der Waals surface area contributed by atoms with Crippen molar-refractivity contribution in [3.05, 3.63) is 0 Å². The second-order valence-corrected chi connectivity index (χ2v) is 1.89. The van der Waals surface area contributed by atoms with Crippen LogP contribution in [0.2, 0.25) is 0 Å². The molecule has 0 saturated heterocycles. The van der Waals surface area contributed by atoms with Gasteiger partial charge < -0.3 is 14.2 Å². The second-order valence-electron chi connectivity index (χ2n) is 1.89. The van der Waals surface area contributed by atoms with Crippen LogP contribution in [0.3, 0.4) is 0 Å². The van der Waals surface area contributed by atoms with Gasteiger partial charge >= 0.3 is 11.9 Å². The molecular formula is C7H12O5. The minimum absolute atomic E-state index is 0.204. The van der Waals surface area contributed by atoms with Gasteiger partial charge in [0.2, 0.25) is 0 Å². The fraction of sp³-hybridized carbons (Fsp3) is 0.714. The normalized spacial score (nSPS) is 11.9. The molecule has 0 aromatic rings. The summed E-state index contributed by atoms with van der Waals surface area (Å²) in [5.74, 6) is -1.48. The Morgan fingerprint density at radius 2 is 1.83 bits per heavy atom. The Hall–Kier alpha value is -1.10. The lowest BCUT2D eigenvalue weighted by Crippen LogP contribution is -2.34. The first-order valence-corrected chi connectivity index (χ1v) is 3.44. The van der Waals surface area contributed by atoms with E-state index in [1.165, 1.54) is 14.2 Å². The quantitative estimate of drug-likeness (QED) is 0.436. The zero-order valence-corrected chi connectivity index (χ0v) is 7.33. The Labute approximate surface area is 70.6 Å². The van der Waals surface area contributed by atoms with Gasteiger partial charge in [-0.3, -0.25) is 0 Å². The molecule has 70 valence electrons. The molecule has 0 fully saturated rings. The van der Waals surface area contributed by atoms with E-state index in [4.69, 9.17) is 0 Å². The van der Waals surface area contributed by atoms with E-state index >= 15 is 0 Å². The molecule has 1 atom stereocenters. The topological polar surface area (TPSA) is 61.8 Å². The van der Waals surface area contributed by atoms with Gasteiger partial charge in [-0.15, -0.1) is 0 Å². The zero-order chi connectivity index (χ0) is 9.56. The minimum Gasteiger partial charge on any atom is -0.467 e. The predicted octanol–water partition coefficient (Wildman–Crippen LogP) is -0.263. The summed E-state index contributed by atoms with van der Waals surface area (Å²) in [4.78, 5) is 21.7. The number of esters is 2. The van der Waals surface area contributed by atoms with Crippen molar-refractivity contribution in [3.8, 4) is 0 Å². The summed E-state index contributed by atoms with van der Waals surface area (Å²) in [5, 5.41) is 0. The fourth-order valence-electron chi connectivity index (χ4n) is 0.614. The van der Waals surface area contributed by atoms with Crippen LogP contribution < -0.4 is 0 Å². The van der Waals surface area contributed by atoms with Gasteiger partial charge in [0.1, 0.15) is 0 Å². The van der Waals surface area contributed by atoms with Crippen molar-refractivity contribution in [1.29, 1.82) is 0 Å². The maximum Gasteiger partial charge on any atom is 0.347 e. The number of hydrogen-bond donors (Lipinski definition) is 0. The molecule has 0 aliphatic carbocycles. The third-order valence-electron chi connectivity index (χ3n) is 1.15. The highest BCUT2D eigenvalue weighted by molar-refractivity contribution is 5.97. The highest BCUT2D eigenvalue weighted by Crippen LogP contribution is 1.96. The SMILES string of the molecule is CCOC(=O)C(OC)C(=O)OC. The van der Waals surface area contributed by atoms with Crippen molar-refractivity contribution in [2.75, 3.05) is 20.8 Å². The van der Waals surface area contributed by atoms with Gasteiger partial charge in [0.25, 0.3) is 6.10 Å². The van der Waals surface area contributed by atoms with Gasteiger partial charge in [0.05, 0.1) is 13.7 Å². The van der Waals surface area contributed by atoms with Gasteiger partial charge in [0.15, 0.2) is 0 Å². The van der Waals surface area contributed by atoms with E-state index in [2.05, 4.69) is 14.2 Å². The Balaban J connectivity index is 4.14. The van der Waals surface area contributed by atoms with E-state index < -0.39 is 18.0 Å². The minimum atomic E-state index is -1.27. The molecule has 0 aliphatic heterocycles. The van der Waals surface area contributed by atoms with Crippen molar-refractivity contribution < 1.29 is 23.8 Å². The lowest BCUT2D eigenvalue weighted by atomic mass is 10.4. The third kappa shape index (κ3) is 2.87. The van der Waals surface area contributed by atoms with Crippen LogP contribution in [0.25, 0.3) is 0 Å². The highest BCUT2D eigenvalue weighted by Gasteiger charge is 2.28. The smallest absolute Gasteiger partial charge is 0.347 e. The summed E-state index contributed by atoms with van der Waals surface area (Å²) < 4.78 is 13.4. The molecule has 0 aliphatic rings. The Bertz CT molecular complexity index is 165. The molecule has 0 amide bonds. The first kappa shape index (κ1) is 10.9. The monoisotopic (exact) mass is 176 g/mol. The molecule has 0 N–H and O–H groups in total. The summed E-state index contributed by atoms with van der Waals surface area (Å²) in [6.45, 7) is 1.84. The molecule has 5 heteroatoms. The molecule has 0 saturated carbocycles. The fourth-order valence-corrected chi connectivity index (χ4v) is 0.614. The van der Waals surface area contributed by atoms with E-state index in [-0.39, 0.29) is 6.61 Å². The molecule has 0 bridgehead atoms. The van der Waals surface area contributed by atoms with E-state index in [0.29, 0.717) is 0 Å². The zero-order valence-electron chi connectivity index (χ0n) is 7.33. The number of carbonyl (C=O) groups excluding carboxylic acids is 2. The predicted molar refractivity (Wildman–Crippen MR) is 39.4 cm³/mol. The number of methoxy groups -OCH3 is 2. The maximum absolute atomic E-state index is 10.9. The van der Waals surface area contributed by atoms with Crippen LogP contribution in [0.1, 0.15) is 6.92 Å². The second kappa shape index (κ2) is 5.54. The van der Waals surface area contributed by atoms with Crippen LogP contribution in [0, 0.1) is 0 Å². The van der Waals surface area contributed by atoms with Crippen LogP contribution in [0.15, 0.2) is 0 Å². The lowest BCUT2D eigenvalue weighted by Gasteiger charge is -2.10. The van der Waals surface area contributed by atoms with Gasteiger partial charge in [0, 0.05) is 7.11 Å². The molecule has 0 radical (unpaired) electrons. The molecule has 12 heavy (non-hydrogen) atoms. The molecule has 0 heterocycles. The number of carbonyl (C=O) groups is 2.